The zero-order valence-corrected chi connectivity index (χ0v) is 19.5. The van der Waals surface area contributed by atoms with Crippen LogP contribution in [0.5, 0.6) is 0 Å². The van der Waals surface area contributed by atoms with E-state index in [0.717, 1.165) is 56.8 Å². The van der Waals surface area contributed by atoms with Gasteiger partial charge in [-0.15, -0.1) is 11.3 Å². The minimum Gasteiger partial charge on any atom is -0.386 e. The van der Waals surface area contributed by atoms with Crippen molar-refractivity contribution >= 4 is 45.9 Å². The van der Waals surface area contributed by atoms with Crippen LogP contribution in [-0.2, 0) is 18.4 Å². The molecule has 3 heterocycles. The van der Waals surface area contributed by atoms with E-state index in [-0.39, 0.29) is 6.03 Å². The predicted octanol–water partition coefficient (Wildman–Crippen LogP) is 5.84. The third kappa shape index (κ3) is 4.01. The van der Waals surface area contributed by atoms with Gasteiger partial charge in [0.1, 0.15) is 0 Å². The minimum atomic E-state index is -0.898. The second-order valence-electron chi connectivity index (χ2n) is 8.48. The van der Waals surface area contributed by atoms with Gasteiger partial charge < -0.3 is 15.4 Å². The molecule has 8 heteroatoms. The number of benzene rings is 1. The molecule has 4 aromatic rings. The van der Waals surface area contributed by atoms with Crippen LogP contribution in [0.15, 0.2) is 52.4 Å². The first-order chi connectivity index (χ1) is 15.4. The molecule has 1 aliphatic rings. The molecule has 2 amide bonds. The van der Waals surface area contributed by atoms with E-state index in [1.165, 1.54) is 34.4 Å². The fraction of sp³-hybridized carbons (Fsp3) is 0.250. The summed E-state index contributed by atoms with van der Waals surface area (Å²) >= 11 is 2.75. The molecule has 1 aromatic carbocycles. The van der Waals surface area contributed by atoms with Crippen LogP contribution in [0.1, 0.15) is 37.0 Å². The molecule has 0 radical (unpaired) electrons. The Kier molecular flexibility index (Phi) is 5.44. The molecule has 0 fully saturated rings. The number of carbonyl (C=O) groups is 1. The molecular formula is C24H24N4O2S2. The highest BCUT2D eigenvalue weighted by atomic mass is 32.2. The van der Waals surface area contributed by atoms with Crippen molar-refractivity contribution in [2.45, 2.75) is 42.9 Å². The lowest BCUT2D eigenvalue weighted by Crippen LogP contribution is -2.23. The number of aryl methyl sites for hydroxylation is 1. The van der Waals surface area contributed by atoms with Crippen molar-refractivity contribution in [3.8, 4) is 11.1 Å². The average Bonchev–Trinajstić information content (AvgIpc) is 3.51. The Morgan fingerprint density at radius 1 is 1.22 bits per heavy atom. The third-order valence-corrected chi connectivity index (χ3v) is 7.68. The molecule has 3 aromatic heterocycles. The number of aromatic nitrogens is 2. The van der Waals surface area contributed by atoms with Crippen molar-refractivity contribution in [3.63, 3.8) is 0 Å². The van der Waals surface area contributed by atoms with Gasteiger partial charge in [0.15, 0.2) is 0 Å². The second-order valence-corrected chi connectivity index (χ2v) is 10.5. The van der Waals surface area contributed by atoms with Crippen LogP contribution in [-0.4, -0.2) is 21.1 Å². The van der Waals surface area contributed by atoms with Gasteiger partial charge in [-0.25, -0.2) is 4.79 Å². The summed E-state index contributed by atoms with van der Waals surface area (Å²) in [6.45, 7) is 3.50. The Morgan fingerprint density at radius 3 is 2.91 bits per heavy atom. The van der Waals surface area contributed by atoms with Crippen molar-refractivity contribution in [1.82, 2.24) is 14.7 Å². The lowest BCUT2D eigenvalue weighted by atomic mass is 9.96. The van der Waals surface area contributed by atoms with Gasteiger partial charge in [-0.2, -0.15) is 0 Å². The Hall–Kier alpha value is -2.81. The SMILES string of the molecule is CC(C)(O)c1csc(SNC(=O)Nc2c(-c3cncc4[nH]ccc34)ccc3c2CCC3)c1. The van der Waals surface area contributed by atoms with E-state index in [0.29, 0.717) is 0 Å². The van der Waals surface area contributed by atoms with Crippen molar-refractivity contribution in [2.24, 2.45) is 0 Å². The van der Waals surface area contributed by atoms with Crippen molar-refractivity contribution < 1.29 is 9.90 Å². The van der Waals surface area contributed by atoms with Gasteiger partial charge in [-0.3, -0.25) is 9.71 Å². The highest BCUT2D eigenvalue weighted by Gasteiger charge is 2.22. The quantitative estimate of drug-likeness (QED) is 0.280. The summed E-state index contributed by atoms with van der Waals surface area (Å²) in [6.07, 6.45) is 8.64. The molecule has 0 unspecified atom stereocenters. The number of anilines is 1. The zero-order valence-electron chi connectivity index (χ0n) is 17.9. The summed E-state index contributed by atoms with van der Waals surface area (Å²) in [5.41, 5.74) is 6.23. The molecule has 4 N–H and O–H groups in total. The van der Waals surface area contributed by atoms with Crippen LogP contribution in [0, 0.1) is 0 Å². The van der Waals surface area contributed by atoms with E-state index < -0.39 is 5.60 Å². The first kappa shape index (κ1) is 21.1. The van der Waals surface area contributed by atoms with Gasteiger partial charge in [-0.05, 0) is 79.3 Å². The van der Waals surface area contributed by atoms with Gasteiger partial charge in [0, 0.05) is 28.9 Å². The van der Waals surface area contributed by atoms with Gasteiger partial charge >= 0.3 is 6.03 Å². The number of H-pyrrole nitrogens is 1. The molecule has 164 valence electrons. The smallest absolute Gasteiger partial charge is 0.329 e. The first-order valence-electron chi connectivity index (χ1n) is 10.5. The largest absolute Gasteiger partial charge is 0.386 e. The Labute approximate surface area is 194 Å². The number of aromatic amines is 1. The molecule has 0 atom stereocenters. The van der Waals surface area contributed by atoms with Crippen LogP contribution in [0.4, 0.5) is 10.5 Å². The van der Waals surface area contributed by atoms with E-state index in [1.807, 2.05) is 36.1 Å². The maximum atomic E-state index is 12.9. The van der Waals surface area contributed by atoms with Gasteiger partial charge in [0.2, 0.25) is 0 Å². The Balaban J connectivity index is 1.42. The lowest BCUT2D eigenvalue weighted by molar-refractivity contribution is 0.0789. The zero-order chi connectivity index (χ0) is 22.3. The molecule has 0 aliphatic heterocycles. The number of amides is 2. The Morgan fingerprint density at radius 2 is 2.09 bits per heavy atom. The number of urea groups is 1. The maximum Gasteiger partial charge on any atom is 0.329 e. The predicted molar refractivity (Wildman–Crippen MR) is 131 cm³/mol. The number of carbonyl (C=O) groups excluding carboxylic acids is 1. The van der Waals surface area contributed by atoms with E-state index in [4.69, 9.17) is 0 Å². The van der Waals surface area contributed by atoms with Crippen molar-refractivity contribution in [3.05, 3.63) is 64.9 Å². The number of nitrogens with zero attached hydrogens (tertiary/aromatic N) is 1. The second kappa shape index (κ2) is 8.27. The number of nitrogens with one attached hydrogen (secondary N) is 3. The first-order valence-corrected chi connectivity index (χ1v) is 12.2. The summed E-state index contributed by atoms with van der Waals surface area (Å²) in [5, 5.41) is 16.3. The number of rotatable bonds is 5. The van der Waals surface area contributed by atoms with Crippen LogP contribution >= 0.6 is 23.3 Å². The van der Waals surface area contributed by atoms with E-state index >= 15 is 0 Å². The van der Waals surface area contributed by atoms with E-state index in [1.54, 1.807) is 13.8 Å². The van der Waals surface area contributed by atoms with Gasteiger partial charge in [0.25, 0.3) is 0 Å². The highest BCUT2D eigenvalue weighted by Crippen LogP contribution is 2.40. The molecular weight excluding hydrogens is 440 g/mol. The Bertz CT molecular complexity index is 1300. The van der Waals surface area contributed by atoms with Crippen LogP contribution in [0.25, 0.3) is 22.0 Å². The van der Waals surface area contributed by atoms with Crippen LogP contribution < -0.4 is 10.0 Å². The molecule has 5 rings (SSSR count). The number of hydrogen-bond donors (Lipinski definition) is 4. The van der Waals surface area contributed by atoms with Crippen LogP contribution in [0.2, 0.25) is 0 Å². The molecule has 32 heavy (non-hydrogen) atoms. The average molecular weight is 465 g/mol. The van der Waals surface area contributed by atoms with E-state index in [9.17, 15) is 9.90 Å². The standard InChI is InChI=1S/C24H24N4O2S2/c1-24(2,30)15-10-21(31-13-15)32-28-23(29)27-22-16-5-3-4-14(16)6-7-18(22)19-11-25-12-20-17(19)8-9-26-20/h6-13,26,30H,3-5H2,1-2H3,(H2,27,28,29). The van der Waals surface area contributed by atoms with E-state index in [2.05, 4.69) is 32.1 Å². The molecule has 1 aliphatic carbocycles. The number of hydrogen-bond acceptors (Lipinski definition) is 5. The molecule has 0 spiro atoms. The number of pyridine rings is 1. The fourth-order valence-corrected chi connectivity index (χ4v) is 5.84. The fourth-order valence-electron chi connectivity index (χ4n) is 4.15. The summed E-state index contributed by atoms with van der Waals surface area (Å²) in [4.78, 5) is 20.5. The number of aliphatic hydroxyl groups is 1. The maximum absolute atomic E-state index is 12.9. The lowest BCUT2D eigenvalue weighted by Gasteiger charge is -2.17. The normalized spacial score (nSPS) is 13.3. The van der Waals surface area contributed by atoms with Gasteiger partial charge in [-0.1, -0.05) is 12.1 Å². The van der Waals surface area contributed by atoms with Crippen molar-refractivity contribution in [1.29, 1.82) is 0 Å². The molecule has 6 nitrogen and oxygen atoms in total. The molecule has 0 saturated carbocycles. The minimum absolute atomic E-state index is 0.274. The summed E-state index contributed by atoms with van der Waals surface area (Å²) in [7, 11) is 0. The summed E-state index contributed by atoms with van der Waals surface area (Å²) in [6, 6.07) is 7.93. The number of fused-ring (bicyclic) bond motifs is 2. The monoisotopic (exact) mass is 464 g/mol. The van der Waals surface area contributed by atoms with Crippen LogP contribution in [0.3, 0.4) is 0 Å². The highest BCUT2D eigenvalue weighted by molar-refractivity contribution is 7.99. The topological polar surface area (TPSA) is 90.0 Å². The summed E-state index contributed by atoms with van der Waals surface area (Å²) in [5.74, 6) is 0. The van der Waals surface area contributed by atoms with Crippen molar-refractivity contribution in [2.75, 3.05) is 5.32 Å². The third-order valence-electron chi connectivity index (χ3n) is 5.81. The molecule has 0 saturated heterocycles. The van der Waals surface area contributed by atoms with Gasteiger partial charge in [0.05, 0.1) is 27.2 Å². The number of thiophene rings is 1. The summed E-state index contributed by atoms with van der Waals surface area (Å²) < 4.78 is 3.80. The molecule has 0 bridgehead atoms.